The summed E-state index contributed by atoms with van der Waals surface area (Å²) in [6.07, 6.45) is 2.06. The Morgan fingerprint density at radius 2 is 1.69 bits per heavy atom. The number of hydrogen-bond acceptors (Lipinski definition) is 3. The first-order valence-corrected chi connectivity index (χ1v) is 5.93. The second kappa shape index (κ2) is 4.26. The quantitative estimate of drug-likeness (QED) is 0.851. The number of hydrogen-bond donors (Lipinski definition) is 0. The van der Waals surface area contributed by atoms with Gasteiger partial charge in [0, 0.05) is 12.7 Å². The molecule has 0 unspecified atom stereocenters. The van der Waals surface area contributed by atoms with E-state index in [1.54, 1.807) is 21.3 Å². The minimum absolute atomic E-state index is 0.167. The molecule has 1 saturated carbocycles. The van der Waals surface area contributed by atoms with Gasteiger partial charge in [-0.25, -0.2) is 0 Å². The van der Waals surface area contributed by atoms with Crippen molar-refractivity contribution in [1.29, 1.82) is 0 Å². The lowest BCUT2D eigenvalue weighted by atomic mass is 10.1. The molecule has 0 amide bonds. The van der Waals surface area contributed by atoms with Crippen molar-refractivity contribution < 1.29 is 14.2 Å². The summed E-state index contributed by atoms with van der Waals surface area (Å²) in [5, 5.41) is 0. The van der Waals surface area contributed by atoms with Crippen LogP contribution >= 0.6 is 15.9 Å². The van der Waals surface area contributed by atoms with Gasteiger partial charge in [-0.15, -0.1) is 0 Å². The Balaban J connectivity index is 2.50. The van der Waals surface area contributed by atoms with Crippen LogP contribution in [-0.2, 0) is 10.3 Å². The highest BCUT2D eigenvalue weighted by molar-refractivity contribution is 9.10. The Morgan fingerprint density at radius 3 is 2.12 bits per heavy atom. The molecule has 0 spiro atoms. The first-order chi connectivity index (χ1) is 7.66. The first-order valence-electron chi connectivity index (χ1n) is 5.14. The van der Waals surface area contributed by atoms with E-state index in [1.165, 1.54) is 0 Å². The van der Waals surface area contributed by atoms with Crippen LogP contribution in [0.4, 0.5) is 0 Å². The van der Waals surface area contributed by atoms with E-state index in [4.69, 9.17) is 14.2 Å². The summed E-state index contributed by atoms with van der Waals surface area (Å²) in [5.41, 5.74) is 0.900. The SMILES string of the molecule is COc1cc(C2(OC)CC2)c(OC)cc1Br. The second-order valence-corrected chi connectivity index (χ2v) is 4.74. The lowest BCUT2D eigenvalue weighted by Gasteiger charge is -2.19. The number of methoxy groups -OCH3 is 3. The molecule has 0 aromatic heterocycles. The van der Waals surface area contributed by atoms with Gasteiger partial charge >= 0.3 is 0 Å². The summed E-state index contributed by atoms with van der Waals surface area (Å²) in [5.74, 6) is 1.64. The molecule has 0 heterocycles. The Hall–Kier alpha value is -0.740. The van der Waals surface area contributed by atoms with Gasteiger partial charge in [0.1, 0.15) is 11.5 Å². The van der Waals surface area contributed by atoms with E-state index in [1.807, 2.05) is 12.1 Å². The lowest BCUT2D eigenvalue weighted by molar-refractivity contribution is 0.0763. The molecular weight excluding hydrogens is 272 g/mol. The topological polar surface area (TPSA) is 27.7 Å². The zero-order valence-corrected chi connectivity index (χ0v) is 11.3. The van der Waals surface area contributed by atoms with Crippen molar-refractivity contribution in [2.45, 2.75) is 18.4 Å². The molecule has 1 aliphatic carbocycles. The third-order valence-electron chi connectivity index (χ3n) is 3.06. The third kappa shape index (κ3) is 1.80. The van der Waals surface area contributed by atoms with E-state index in [9.17, 15) is 0 Å². The molecule has 1 aromatic carbocycles. The minimum Gasteiger partial charge on any atom is -0.496 e. The summed E-state index contributed by atoms with van der Waals surface area (Å²) >= 11 is 3.45. The molecule has 3 nitrogen and oxygen atoms in total. The largest absolute Gasteiger partial charge is 0.496 e. The smallest absolute Gasteiger partial charge is 0.133 e. The molecule has 0 atom stereocenters. The van der Waals surface area contributed by atoms with Gasteiger partial charge in [-0.3, -0.25) is 0 Å². The van der Waals surface area contributed by atoms with Crippen LogP contribution in [0.5, 0.6) is 11.5 Å². The van der Waals surface area contributed by atoms with Crippen molar-refractivity contribution in [2.24, 2.45) is 0 Å². The number of halogens is 1. The van der Waals surface area contributed by atoms with Crippen LogP contribution in [0.3, 0.4) is 0 Å². The fourth-order valence-electron chi connectivity index (χ4n) is 1.91. The average molecular weight is 287 g/mol. The predicted octanol–water partition coefficient (Wildman–Crippen LogP) is 3.10. The maximum atomic E-state index is 5.57. The summed E-state index contributed by atoms with van der Waals surface area (Å²) in [7, 11) is 5.06. The highest BCUT2D eigenvalue weighted by Gasteiger charge is 2.47. The van der Waals surface area contributed by atoms with Gasteiger partial charge in [0.25, 0.3) is 0 Å². The van der Waals surface area contributed by atoms with Crippen LogP contribution in [0.1, 0.15) is 18.4 Å². The zero-order valence-electron chi connectivity index (χ0n) is 9.67. The molecule has 0 N–H and O–H groups in total. The van der Waals surface area contributed by atoms with Gasteiger partial charge in [-0.1, -0.05) is 0 Å². The van der Waals surface area contributed by atoms with E-state index >= 15 is 0 Å². The molecule has 2 rings (SSSR count). The molecule has 1 aromatic rings. The molecule has 16 heavy (non-hydrogen) atoms. The van der Waals surface area contributed by atoms with E-state index in [0.717, 1.165) is 34.4 Å². The highest BCUT2D eigenvalue weighted by atomic mass is 79.9. The van der Waals surface area contributed by atoms with Crippen molar-refractivity contribution in [3.63, 3.8) is 0 Å². The van der Waals surface area contributed by atoms with Crippen molar-refractivity contribution in [3.8, 4) is 11.5 Å². The molecule has 0 radical (unpaired) electrons. The van der Waals surface area contributed by atoms with Crippen LogP contribution in [0.2, 0.25) is 0 Å². The van der Waals surface area contributed by atoms with Crippen molar-refractivity contribution in [2.75, 3.05) is 21.3 Å². The third-order valence-corrected chi connectivity index (χ3v) is 3.68. The maximum Gasteiger partial charge on any atom is 0.133 e. The van der Waals surface area contributed by atoms with Crippen molar-refractivity contribution >= 4 is 15.9 Å². The van der Waals surface area contributed by atoms with Gasteiger partial charge < -0.3 is 14.2 Å². The number of ether oxygens (including phenoxy) is 3. The van der Waals surface area contributed by atoms with E-state index < -0.39 is 0 Å². The normalized spacial score (nSPS) is 17.0. The van der Waals surface area contributed by atoms with E-state index in [0.29, 0.717) is 0 Å². The molecule has 0 saturated heterocycles. The Labute approximate surface area is 104 Å². The minimum atomic E-state index is -0.167. The van der Waals surface area contributed by atoms with Gasteiger partial charge in [-0.2, -0.15) is 0 Å². The summed E-state index contributed by atoms with van der Waals surface area (Å²) < 4.78 is 17.1. The van der Waals surface area contributed by atoms with Crippen LogP contribution in [0.25, 0.3) is 0 Å². The van der Waals surface area contributed by atoms with Crippen LogP contribution in [0, 0.1) is 0 Å². The summed E-state index contributed by atoms with van der Waals surface area (Å²) in [6.45, 7) is 0. The van der Waals surface area contributed by atoms with Crippen molar-refractivity contribution in [3.05, 3.63) is 22.2 Å². The number of rotatable bonds is 4. The van der Waals surface area contributed by atoms with Gasteiger partial charge in [0.2, 0.25) is 0 Å². The summed E-state index contributed by atoms with van der Waals surface area (Å²) in [4.78, 5) is 0. The Morgan fingerprint density at radius 1 is 1.06 bits per heavy atom. The molecule has 1 aliphatic rings. The highest BCUT2D eigenvalue weighted by Crippen LogP contribution is 2.53. The molecule has 0 bridgehead atoms. The van der Waals surface area contributed by atoms with Gasteiger partial charge in [-0.05, 0) is 40.9 Å². The molecular formula is C12H15BrO3. The zero-order chi connectivity index (χ0) is 11.8. The van der Waals surface area contributed by atoms with Gasteiger partial charge in [0.05, 0.1) is 24.3 Å². The Kier molecular flexibility index (Phi) is 3.13. The van der Waals surface area contributed by atoms with Crippen molar-refractivity contribution in [1.82, 2.24) is 0 Å². The molecule has 4 heteroatoms. The lowest BCUT2D eigenvalue weighted by Crippen LogP contribution is -2.11. The fraction of sp³-hybridized carbons (Fsp3) is 0.500. The fourth-order valence-corrected chi connectivity index (χ4v) is 2.40. The van der Waals surface area contributed by atoms with Crippen LogP contribution in [-0.4, -0.2) is 21.3 Å². The summed E-state index contributed by atoms with van der Waals surface area (Å²) in [6, 6.07) is 3.91. The Bertz CT molecular complexity index is 399. The van der Waals surface area contributed by atoms with Gasteiger partial charge in [0.15, 0.2) is 0 Å². The first kappa shape index (κ1) is 11.7. The average Bonchev–Trinajstić information content (AvgIpc) is 3.09. The maximum absolute atomic E-state index is 5.57. The monoisotopic (exact) mass is 286 g/mol. The molecule has 88 valence electrons. The van der Waals surface area contributed by atoms with Crippen LogP contribution < -0.4 is 9.47 Å². The standard InChI is InChI=1S/C12H15BrO3/c1-14-10-7-9(13)11(15-2)6-8(10)12(16-3)4-5-12/h6-7H,4-5H2,1-3H3. The van der Waals surface area contributed by atoms with Crippen LogP contribution in [0.15, 0.2) is 16.6 Å². The van der Waals surface area contributed by atoms with E-state index in [-0.39, 0.29) is 5.60 Å². The molecule has 0 aliphatic heterocycles. The predicted molar refractivity (Wildman–Crippen MR) is 65.2 cm³/mol. The second-order valence-electron chi connectivity index (χ2n) is 3.89. The molecule has 1 fully saturated rings. The number of benzene rings is 1. The van der Waals surface area contributed by atoms with E-state index in [2.05, 4.69) is 15.9 Å².